The summed E-state index contributed by atoms with van der Waals surface area (Å²) in [5.74, 6) is 0.231. The Labute approximate surface area is 124 Å². The van der Waals surface area contributed by atoms with E-state index in [0.717, 1.165) is 17.7 Å². The van der Waals surface area contributed by atoms with Gasteiger partial charge in [-0.3, -0.25) is 0 Å². The lowest BCUT2D eigenvalue weighted by Gasteiger charge is -2.13. The zero-order chi connectivity index (χ0) is 15.2. The van der Waals surface area contributed by atoms with Crippen LogP contribution in [-0.4, -0.2) is 27.5 Å². The minimum absolute atomic E-state index is 0.257. The molecule has 2 rings (SSSR count). The molecule has 0 saturated heterocycles. The summed E-state index contributed by atoms with van der Waals surface area (Å²) in [7, 11) is 0. The number of halogens is 1. The molecule has 2 N–H and O–H groups in total. The number of nitrogens with zero attached hydrogens (tertiary/aromatic N) is 2. The molecule has 2 aromatic rings. The van der Waals surface area contributed by atoms with Crippen LogP contribution in [0.2, 0.25) is 0 Å². The van der Waals surface area contributed by atoms with Crippen LogP contribution >= 0.6 is 0 Å². The molecule has 4 nitrogen and oxygen atoms in total. The average molecular weight is 291 g/mol. The van der Waals surface area contributed by atoms with E-state index in [2.05, 4.69) is 24.3 Å². The van der Waals surface area contributed by atoms with E-state index in [0.29, 0.717) is 19.0 Å². The molecule has 1 unspecified atom stereocenters. The summed E-state index contributed by atoms with van der Waals surface area (Å²) in [6.45, 7) is 5.40. The zero-order valence-electron chi connectivity index (χ0n) is 12.5. The Morgan fingerprint density at radius 3 is 2.67 bits per heavy atom. The fraction of sp³-hybridized carbons (Fsp3) is 0.438. The summed E-state index contributed by atoms with van der Waals surface area (Å²) in [5, 5.41) is 17.3. The highest BCUT2D eigenvalue weighted by atomic mass is 19.1. The van der Waals surface area contributed by atoms with Crippen LogP contribution in [0.25, 0.3) is 5.69 Å². The van der Waals surface area contributed by atoms with Crippen molar-refractivity contribution in [2.75, 3.05) is 6.54 Å². The Kier molecular flexibility index (Phi) is 5.47. The van der Waals surface area contributed by atoms with Gasteiger partial charge >= 0.3 is 0 Å². The SMILES string of the molecule is CC(C)CC(O)CNCc1cnn(-c2ccc(F)cc2)c1. The Hall–Kier alpha value is -1.72. The fourth-order valence-electron chi connectivity index (χ4n) is 2.20. The van der Waals surface area contributed by atoms with Crippen molar-refractivity contribution in [1.82, 2.24) is 15.1 Å². The van der Waals surface area contributed by atoms with Gasteiger partial charge in [-0.1, -0.05) is 13.8 Å². The summed E-state index contributed by atoms with van der Waals surface area (Å²) in [5.41, 5.74) is 1.85. The number of benzene rings is 1. The number of hydrogen-bond donors (Lipinski definition) is 2. The predicted octanol–water partition coefficient (Wildman–Crippen LogP) is 2.51. The lowest BCUT2D eigenvalue weighted by atomic mass is 10.1. The topological polar surface area (TPSA) is 50.1 Å². The molecule has 1 atom stereocenters. The van der Waals surface area contributed by atoms with Gasteiger partial charge in [0.15, 0.2) is 0 Å². The van der Waals surface area contributed by atoms with Crippen LogP contribution < -0.4 is 5.32 Å². The van der Waals surface area contributed by atoms with Gasteiger partial charge in [0.1, 0.15) is 5.82 Å². The summed E-state index contributed by atoms with van der Waals surface area (Å²) in [4.78, 5) is 0. The highest BCUT2D eigenvalue weighted by Crippen LogP contribution is 2.09. The quantitative estimate of drug-likeness (QED) is 0.824. The van der Waals surface area contributed by atoms with E-state index in [1.807, 2.05) is 6.20 Å². The van der Waals surface area contributed by atoms with Gasteiger partial charge in [-0.05, 0) is 36.6 Å². The van der Waals surface area contributed by atoms with Gasteiger partial charge in [-0.2, -0.15) is 5.10 Å². The fourth-order valence-corrected chi connectivity index (χ4v) is 2.20. The van der Waals surface area contributed by atoms with Crippen molar-refractivity contribution in [3.05, 3.63) is 48.0 Å². The summed E-state index contributed by atoms with van der Waals surface area (Å²) in [6, 6.07) is 6.20. The first kappa shape index (κ1) is 15.7. The molecule has 21 heavy (non-hydrogen) atoms. The molecule has 0 amide bonds. The van der Waals surface area contributed by atoms with Gasteiger partial charge in [0.05, 0.1) is 18.0 Å². The second-order valence-corrected chi connectivity index (χ2v) is 5.68. The van der Waals surface area contributed by atoms with Gasteiger partial charge in [0.25, 0.3) is 0 Å². The van der Waals surface area contributed by atoms with E-state index >= 15 is 0 Å². The van der Waals surface area contributed by atoms with Crippen molar-refractivity contribution in [3.63, 3.8) is 0 Å². The Morgan fingerprint density at radius 2 is 2.00 bits per heavy atom. The third-order valence-electron chi connectivity index (χ3n) is 3.18. The van der Waals surface area contributed by atoms with Crippen molar-refractivity contribution in [1.29, 1.82) is 0 Å². The molecule has 0 aliphatic rings. The Morgan fingerprint density at radius 1 is 1.29 bits per heavy atom. The molecule has 0 aliphatic heterocycles. The molecule has 114 valence electrons. The molecular weight excluding hydrogens is 269 g/mol. The van der Waals surface area contributed by atoms with Crippen LogP contribution in [0.15, 0.2) is 36.7 Å². The van der Waals surface area contributed by atoms with Crippen LogP contribution in [0.1, 0.15) is 25.8 Å². The van der Waals surface area contributed by atoms with Crippen LogP contribution in [0.3, 0.4) is 0 Å². The number of aliphatic hydroxyl groups is 1. The molecule has 0 radical (unpaired) electrons. The van der Waals surface area contributed by atoms with Gasteiger partial charge in [0.2, 0.25) is 0 Å². The molecule has 0 saturated carbocycles. The minimum Gasteiger partial charge on any atom is -0.392 e. The number of nitrogens with one attached hydrogen (secondary N) is 1. The first-order valence-electron chi connectivity index (χ1n) is 7.23. The summed E-state index contributed by atoms with van der Waals surface area (Å²) >= 11 is 0. The lowest BCUT2D eigenvalue weighted by molar-refractivity contribution is 0.146. The average Bonchev–Trinajstić information content (AvgIpc) is 2.87. The second kappa shape index (κ2) is 7.33. The number of hydrogen-bond acceptors (Lipinski definition) is 3. The Balaban J connectivity index is 1.84. The van der Waals surface area contributed by atoms with Crippen molar-refractivity contribution < 1.29 is 9.50 Å². The highest BCUT2D eigenvalue weighted by Gasteiger charge is 2.07. The van der Waals surface area contributed by atoms with E-state index in [1.165, 1.54) is 12.1 Å². The van der Waals surface area contributed by atoms with E-state index in [1.54, 1.807) is 23.0 Å². The van der Waals surface area contributed by atoms with E-state index in [4.69, 9.17) is 0 Å². The molecule has 0 aliphatic carbocycles. The molecule has 0 spiro atoms. The van der Waals surface area contributed by atoms with E-state index in [-0.39, 0.29) is 11.9 Å². The smallest absolute Gasteiger partial charge is 0.123 e. The highest BCUT2D eigenvalue weighted by molar-refractivity contribution is 5.31. The molecular formula is C16H22FN3O. The van der Waals surface area contributed by atoms with Crippen molar-refractivity contribution >= 4 is 0 Å². The number of rotatable bonds is 7. The third kappa shape index (κ3) is 4.95. The number of aliphatic hydroxyl groups excluding tert-OH is 1. The van der Waals surface area contributed by atoms with E-state index < -0.39 is 0 Å². The normalized spacial score (nSPS) is 12.8. The monoisotopic (exact) mass is 291 g/mol. The molecule has 1 heterocycles. The standard InChI is InChI=1S/C16H22FN3O/c1-12(2)7-16(21)10-18-8-13-9-19-20(11-13)15-5-3-14(17)4-6-15/h3-6,9,11-12,16,18,21H,7-8,10H2,1-2H3. The molecule has 0 bridgehead atoms. The van der Waals surface area contributed by atoms with Crippen molar-refractivity contribution in [2.45, 2.75) is 32.9 Å². The third-order valence-corrected chi connectivity index (χ3v) is 3.18. The second-order valence-electron chi connectivity index (χ2n) is 5.68. The van der Waals surface area contributed by atoms with Gasteiger partial charge in [-0.25, -0.2) is 9.07 Å². The Bertz CT molecular complexity index is 551. The van der Waals surface area contributed by atoms with Crippen LogP contribution in [0.5, 0.6) is 0 Å². The van der Waals surface area contributed by atoms with Gasteiger partial charge in [0, 0.05) is 24.8 Å². The first-order chi connectivity index (χ1) is 10.0. The van der Waals surface area contributed by atoms with Crippen molar-refractivity contribution in [2.24, 2.45) is 5.92 Å². The van der Waals surface area contributed by atoms with E-state index in [9.17, 15) is 9.50 Å². The summed E-state index contributed by atoms with van der Waals surface area (Å²) < 4.78 is 14.6. The molecule has 1 aromatic heterocycles. The van der Waals surface area contributed by atoms with Crippen LogP contribution in [0.4, 0.5) is 4.39 Å². The number of aromatic nitrogens is 2. The maximum Gasteiger partial charge on any atom is 0.123 e. The lowest BCUT2D eigenvalue weighted by Crippen LogP contribution is -2.27. The van der Waals surface area contributed by atoms with Gasteiger partial charge in [-0.15, -0.1) is 0 Å². The maximum atomic E-state index is 12.9. The van der Waals surface area contributed by atoms with Crippen LogP contribution in [-0.2, 0) is 6.54 Å². The molecule has 1 aromatic carbocycles. The zero-order valence-corrected chi connectivity index (χ0v) is 12.5. The largest absolute Gasteiger partial charge is 0.392 e. The maximum absolute atomic E-state index is 12.9. The summed E-state index contributed by atoms with van der Waals surface area (Å²) in [6.07, 6.45) is 4.14. The van der Waals surface area contributed by atoms with Gasteiger partial charge < -0.3 is 10.4 Å². The van der Waals surface area contributed by atoms with Crippen molar-refractivity contribution in [3.8, 4) is 5.69 Å². The first-order valence-corrected chi connectivity index (χ1v) is 7.23. The predicted molar refractivity (Wildman–Crippen MR) is 80.7 cm³/mol. The molecule has 0 fully saturated rings. The van der Waals surface area contributed by atoms with Crippen LogP contribution in [0, 0.1) is 11.7 Å². The molecule has 5 heteroatoms. The minimum atomic E-state index is -0.322.